The lowest BCUT2D eigenvalue weighted by Gasteiger charge is -2.25. The lowest BCUT2D eigenvalue weighted by Crippen LogP contribution is -2.29. The van der Waals surface area contributed by atoms with Crippen LogP contribution >= 0.6 is 0 Å². The second kappa shape index (κ2) is 2.81. The van der Waals surface area contributed by atoms with Crippen molar-refractivity contribution in [1.29, 1.82) is 0 Å². The molecule has 0 aromatic carbocycles. The van der Waals surface area contributed by atoms with Gasteiger partial charge in [0.05, 0.1) is 0 Å². The third-order valence-corrected chi connectivity index (χ3v) is 1.77. The van der Waals surface area contributed by atoms with Crippen LogP contribution in [0.25, 0.3) is 0 Å². The number of rotatable bonds is 1. The minimum absolute atomic E-state index is 0.893. The molecule has 2 rings (SSSR count). The molecular weight excluding hydrogens is 152 g/mol. The van der Waals surface area contributed by atoms with Crippen LogP contribution in [0.5, 0.6) is 0 Å². The van der Waals surface area contributed by atoms with Gasteiger partial charge >= 0.3 is 0 Å². The van der Waals surface area contributed by atoms with E-state index in [9.17, 15) is 0 Å². The molecule has 0 aromatic heterocycles. The summed E-state index contributed by atoms with van der Waals surface area (Å²) in [6.45, 7) is 2.07. The van der Waals surface area contributed by atoms with Gasteiger partial charge in [-0.1, -0.05) is 6.92 Å². The maximum absolute atomic E-state index is 4.16. The van der Waals surface area contributed by atoms with E-state index in [1.54, 1.807) is 6.34 Å². The van der Waals surface area contributed by atoms with Gasteiger partial charge in [0.2, 0.25) is 0 Å². The molecule has 2 aliphatic rings. The van der Waals surface area contributed by atoms with E-state index < -0.39 is 0 Å². The molecule has 62 valence electrons. The van der Waals surface area contributed by atoms with E-state index >= 15 is 0 Å². The van der Waals surface area contributed by atoms with Crippen LogP contribution in [0.4, 0.5) is 0 Å². The number of hydrogen-bond acceptors (Lipinski definition) is 4. The fourth-order valence-electron chi connectivity index (χ4n) is 1.18. The Hall–Kier alpha value is -1.58. The van der Waals surface area contributed by atoms with Gasteiger partial charge in [0.25, 0.3) is 0 Å². The summed E-state index contributed by atoms with van der Waals surface area (Å²) in [7, 11) is 0. The molecular formula is C8H10N4. The highest BCUT2D eigenvalue weighted by Gasteiger charge is 2.15. The predicted octanol–water partition coefficient (Wildman–Crippen LogP) is 1.01. The van der Waals surface area contributed by atoms with Crippen molar-refractivity contribution >= 4 is 12.2 Å². The maximum atomic E-state index is 4.16. The number of fused-ring (bicyclic) bond motifs is 1. The minimum Gasteiger partial charge on any atom is -0.363 e. The standard InChI is InChI=1S/C8H10N4/c1-2-7-10-6-11-8-5-9-3-4-12(7)8/h3-6,9H,2H2,1H3. The van der Waals surface area contributed by atoms with Crippen molar-refractivity contribution in [3.63, 3.8) is 0 Å². The summed E-state index contributed by atoms with van der Waals surface area (Å²) in [4.78, 5) is 10.2. The fraction of sp³-hybridized carbons (Fsp3) is 0.250. The van der Waals surface area contributed by atoms with Crippen molar-refractivity contribution in [1.82, 2.24) is 10.2 Å². The first-order chi connectivity index (χ1) is 5.92. The molecule has 0 unspecified atom stereocenters. The van der Waals surface area contributed by atoms with E-state index in [1.807, 2.05) is 23.5 Å². The quantitative estimate of drug-likeness (QED) is 0.625. The molecule has 0 amide bonds. The number of amidine groups is 1. The summed E-state index contributed by atoms with van der Waals surface area (Å²) in [5.74, 6) is 1.92. The lowest BCUT2D eigenvalue weighted by atomic mass is 10.3. The van der Waals surface area contributed by atoms with Gasteiger partial charge in [-0.05, 0) is 0 Å². The van der Waals surface area contributed by atoms with Crippen molar-refractivity contribution in [2.75, 3.05) is 0 Å². The van der Waals surface area contributed by atoms with Crippen molar-refractivity contribution in [3.05, 3.63) is 24.4 Å². The highest BCUT2D eigenvalue weighted by atomic mass is 15.3. The lowest BCUT2D eigenvalue weighted by molar-refractivity contribution is 0.629. The Balaban J connectivity index is 2.32. The molecule has 0 saturated carbocycles. The second-order valence-corrected chi connectivity index (χ2v) is 2.50. The Morgan fingerprint density at radius 3 is 3.33 bits per heavy atom. The zero-order valence-corrected chi connectivity index (χ0v) is 6.86. The number of aliphatic imine (C=N–C) groups is 2. The monoisotopic (exact) mass is 162 g/mol. The molecule has 2 heterocycles. The van der Waals surface area contributed by atoms with E-state index in [4.69, 9.17) is 0 Å². The van der Waals surface area contributed by atoms with Crippen molar-refractivity contribution in [2.45, 2.75) is 13.3 Å². The Labute approximate surface area is 71.0 Å². The van der Waals surface area contributed by atoms with Crippen LogP contribution in [0.15, 0.2) is 34.4 Å². The first-order valence-corrected chi connectivity index (χ1v) is 3.93. The van der Waals surface area contributed by atoms with E-state index in [-0.39, 0.29) is 0 Å². The van der Waals surface area contributed by atoms with Gasteiger partial charge < -0.3 is 5.32 Å². The first-order valence-electron chi connectivity index (χ1n) is 3.93. The van der Waals surface area contributed by atoms with Crippen molar-refractivity contribution < 1.29 is 0 Å². The zero-order chi connectivity index (χ0) is 8.39. The van der Waals surface area contributed by atoms with E-state index in [2.05, 4.69) is 22.2 Å². The zero-order valence-electron chi connectivity index (χ0n) is 6.86. The molecule has 0 aliphatic carbocycles. The molecule has 2 aliphatic heterocycles. The molecule has 0 atom stereocenters. The normalized spacial score (nSPS) is 19.6. The van der Waals surface area contributed by atoms with Crippen LogP contribution in [0.1, 0.15) is 13.3 Å². The Morgan fingerprint density at radius 2 is 2.50 bits per heavy atom. The summed E-state index contributed by atoms with van der Waals surface area (Å²) in [5, 5.41) is 2.98. The average molecular weight is 162 g/mol. The van der Waals surface area contributed by atoms with Gasteiger partial charge in [-0.15, -0.1) is 0 Å². The van der Waals surface area contributed by atoms with Gasteiger partial charge in [0, 0.05) is 25.0 Å². The molecule has 0 spiro atoms. The molecule has 4 nitrogen and oxygen atoms in total. The van der Waals surface area contributed by atoms with Gasteiger partial charge in [-0.3, -0.25) is 4.90 Å². The SMILES string of the molecule is CCC1=NC=NC2=CNC=CN21. The van der Waals surface area contributed by atoms with Crippen LogP contribution in [-0.4, -0.2) is 17.1 Å². The average Bonchev–Trinajstić information content (AvgIpc) is 2.17. The highest BCUT2D eigenvalue weighted by Crippen LogP contribution is 2.14. The largest absolute Gasteiger partial charge is 0.363 e. The topological polar surface area (TPSA) is 40.0 Å². The van der Waals surface area contributed by atoms with E-state index in [0.717, 1.165) is 18.1 Å². The van der Waals surface area contributed by atoms with Gasteiger partial charge in [-0.2, -0.15) is 0 Å². The summed E-state index contributed by atoms with van der Waals surface area (Å²) >= 11 is 0. The molecule has 0 aromatic rings. The van der Waals surface area contributed by atoms with Gasteiger partial charge in [0.15, 0.2) is 5.82 Å². The Kier molecular flexibility index (Phi) is 1.66. The van der Waals surface area contributed by atoms with Gasteiger partial charge in [-0.25, -0.2) is 9.98 Å². The number of hydrogen-bond donors (Lipinski definition) is 1. The molecule has 0 radical (unpaired) electrons. The highest BCUT2D eigenvalue weighted by molar-refractivity contribution is 5.92. The molecule has 0 bridgehead atoms. The van der Waals surface area contributed by atoms with Gasteiger partial charge in [0.1, 0.15) is 12.2 Å². The minimum atomic E-state index is 0.893. The van der Waals surface area contributed by atoms with Crippen molar-refractivity contribution in [2.24, 2.45) is 9.98 Å². The third kappa shape index (κ3) is 1.01. The van der Waals surface area contributed by atoms with Crippen LogP contribution in [0.3, 0.4) is 0 Å². The van der Waals surface area contributed by atoms with Crippen LogP contribution < -0.4 is 5.32 Å². The summed E-state index contributed by atoms with van der Waals surface area (Å²) in [6, 6.07) is 0. The smallest absolute Gasteiger partial charge is 0.156 e. The molecule has 1 N–H and O–H groups in total. The van der Waals surface area contributed by atoms with Crippen molar-refractivity contribution in [3.8, 4) is 0 Å². The summed E-state index contributed by atoms with van der Waals surface area (Å²) in [5.41, 5.74) is 0. The molecule has 4 heteroatoms. The Morgan fingerprint density at radius 1 is 1.58 bits per heavy atom. The molecule has 12 heavy (non-hydrogen) atoms. The molecule has 0 saturated heterocycles. The number of nitrogens with one attached hydrogen (secondary N) is 1. The third-order valence-electron chi connectivity index (χ3n) is 1.77. The number of nitrogens with zero attached hydrogens (tertiary/aromatic N) is 3. The van der Waals surface area contributed by atoms with Crippen LogP contribution in [0, 0.1) is 0 Å². The summed E-state index contributed by atoms with van der Waals surface area (Å²) < 4.78 is 0. The summed E-state index contributed by atoms with van der Waals surface area (Å²) in [6.07, 6.45) is 8.13. The first kappa shape index (κ1) is 7.09. The molecule has 0 fully saturated rings. The Bertz CT molecular complexity index is 298. The second-order valence-electron chi connectivity index (χ2n) is 2.50. The van der Waals surface area contributed by atoms with E-state index in [1.165, 1.54) is 0 Å². The van der Waals surface area contributed by atoms with Crippen LogP contribution in [0.2, 0.25) is 0 Å². The fourth-order valence-corrected chi connectivity index (χ4v) is 1.18. The van der Waals surface area contributed by atoms with Crippen LogP contribution in [-0.2, 0) is 0 Å². The maximum Gasteiger partial charge on any atom is 0.156 e. The van der Waals surface area contributed by atoms with E-state index in [0.29, 0.717) is 0 Å². The predicted molar refractivity (Wildman–Crippen MR) is 48.4 cm³/mol.